The van der Waals surface area contributed by atoms with Gasteiger partial charge in [-0.2, -0.15) is 11.8 Å². The van der Waals surface area contributed by atoms with Crippen LogP contribution in [0.4, 0.5) is 4.39 Å². The fourth-order valence-corrected chi connectivity index (χ4v) is 4.04. The average Bonchev–Trinajstić information content (AvgIpc) is 2.99. The molecule has 2 nitrogen and oxygen atoms in total. The minimum atomic E-state index is -0.270. The van der Waals surface area contributed by atoms with Gasteiger partial charge >= 0.3 is 0 Å². The first kappa shape index (κ1) is 13.3. The molecule has 2 aromatic rings. The average molecular weight is 299 g/mol. The smallest absolute Gasteiger partial charge is 0.151 e. The zero-order valence-corrected chi connectivity index (χ0v) is 12.3. The molecule has 0 radical (unpaired) electrons. The summed E-state index contributed by atoms with van der Waals surface area (Å²) < 4.78 is 15.9. The predicted molar refractivity (Wildman–Crippen MR) is 79.4 cm³/mol. The van der Waals surface area contributed by atoms with Gasteiger partial charge in [-0.25, -0.2) is 9.37 Å². The van der Waals surface area contributed by atoms with Crippen LogP contribution >= 0.6 is 23.4 Å². The van der Waals surface area contributed by atoms with E-state index in [-0.39, 0.29) is 11.2 Å². The van der Waals surface area contributed by atoms with Gasteiger partial charge in [0.1, 0.15) is 11.3 Å². The van der Waals surface area contributed by atoms with Crippen LogP contribution in [0.25, 0.3) is 11.0 Å². The highest BCUT2D eigenvalue weighted by Crippen LogP contribution is 2.32. The summed E-state index contributed by atoms with van der Waals surface area (Å²) in [5.41, 5.74) is 1.29. The van der Waals surface area contributed by atoms with E-state index in [9.17, 15) is 4.39 Å². The van der Waals surface area contributed by atoms with Crippen molar-refractivity contribution in [2.24, 2.45) is 0 Å². The van der Waals surface area contributed by atoms with Crippen LogP contribution in [-0.2, 0) is 6.54 Å². The Morgan fingerprint density at radius 3 is 3.11 bits per heavy atom. The first-order chi connectivity index (χ1) is 9.16. The molecule has 0 spiro atoms. The van der Waals surface area contributed by atoms with Crippen molar-refractivity contribution in [1.82, 2.24) is 9.55 Å². The van der Waals surface area contributed by atoms with Crippen molar-refractivity contribution < 1.29 is 4.39 Å². The van der Waals surface area contributed by atoms with E-state index in [2.05, 4.69) is 9.55 Å². The van der Waals surface area contributed by atoms with Crippen molar-refractivity contribution in [3.8, 4) is 0 Å². The number of rotatable bonds is 3. The second-order valence-corrected chi connectivity index (χ2v) is 7.00. The molecule has 5 heteroatoms. The van der Waals surface area contributed by atoms with Crippen LogP contribution in [0.3, 0.4) is 0 Å². The van der Waals surface area contributed by atoms with Crippen LogP contribution in [0, 0.1) is 5.82 Å². The summed E-state index contributed by atoms with van der Waals surface area (Å²) in [5, 5.41) is 0.382. The minimum absolute atomic E-state index is 0.210. The number of nitrogens with zero attached hydrogens (tertiary/aromatic N) is 2. The highest BCUT2D eigenvalue weighted by Gasteiger charge is 2.22. The summed E-state index contributed by atoms with van der Waals surface area (Å²) >= 11 is 8.19. The second-order valence-electron chi connectivity index (χ2n) is 4.94. The molecule has 1 aromatic heterocycles. The standard InChI is InChI=1S/C14H16ClFN2S/c1-9(15)14-17-13-11(16)5-2-6-12(13)18(14)8-10-4-3-7-19-10/h2,5-6,9-10H,3-4,7-8H2,1H3. The largest absolute Gasteiger partial charge is 0.326 e. The second kappa shape index (κ2) is 5.33. The maximum atomic E-state index is 13.8. The van der Waals surface area contributed by atoms with Gasteiger partial charge in [-0.1, -0.05) is 6.07 Å². The number of thioether (sulfide) groups is 1. The molecule has 1 saturated heterocycles. The van der Waals surface area contributed by atoms with E-state index in [0.29, 0.717) is 10.8 Å². The molecule has 1 aliphatic heterocycles. The maximum absolute atomic E-state index is 13.8. The van der Waals surface area contributed by atoms with Crippen LogP contribution < -0.4 is 0 Å². The molecule has 0 aliphatic carbocycles. The maximum Gasteiger partial charge on any atom is 0.151 e. The molecule has 0 saturated carbocycles. The van der Waals surface area contributed by atoms with Crippen molar-refractivity contribution in [3.63, 3.8) is 0 Å². The topological polar surface area (TPSA) is 17.8 Å². The number of fused-ring (bicyclic) bond motifs is 1. The lowest BCUT2D eigenvalue weighted by molar-refractivity contribution is 0.623. The molecule has 3 rings (SSSR count). The van der Waals surface area contributed by atoms with Gasteiger partial charge in [-0.3, -0.25) is 0 Å². The summed E-state index contributed by atoms with van der Waals surface area (Å²) in [6, 6.07) is 5.11. The summed E-state index contributed by atoms with van der Waals surface area (Å²) in [4.78, 5) is 4.40. The SMILES string of the molecule is CC(Cl)c1nc2c(F)cccc2n1CC1CCCS1. The molecule has 0 bridgehead atoms. The molecule has 2 atom stereocenters. The van der Waals surface area contributed by atoms with E-state index < -0.39 is 0 Å². The third-order valence-electron chi connectivity index (χ3n) is 3.53. The van der Waals surface area contributed by atoms with E-state index in [1.165, 1.54) is 24.7 Å². The molecular weight excluding hydrogens is 283 g/mol. The Labute approximate surface area is 121 Å². The Hall–Kier alpha value is -0.740. The van der Waals surface area contributed by atoms with Crippen molar-refractivity contribution in [1.29, 1.82) is 0 Å². The number of imidazole rings is 1. The van der Waals surface area contributed by atoms with Crippen LogP contribution in [0.15, 0.2) is 18.2 Å². The van der Waals surface area contributed by atoms with Crippen LogP contribution in [0.1, 0.15) is 31.0 Å². The molecule has 102 valence electrons. The number of alkyl halides is 1. The lowest BCUT2D eigenvalue weighted by Gasteiger charge is -2.14. The van der Waals surface area contributed by atoms with Gasteiger partial charge in [0.15, 0.2) is 5.82 Å². The first-order valence-electron chi connectivity index (χ1n) is 6.57. The predicted octanol–water partition coefficient (Wildman–Crippen LogP) is 4.37. The van der Waals surface area contributed by atoms with Crippen LogP contribution in [0.2, 0.25) is 0 Å². The van der Waals surface area contributed by atoms with Gasteiger partial charge in [-0.15, -0.1) is 11.6 Å². The van der Waals surface area contributed by atoms with Crippen molar-refractivity contribution in [2.45, 2.75) is 36.9 Å². The molecular formula is C14H16ClFN2S. The van der Waals surface area contributed by atoms with Gasteiger partial charge in [0.25, 0.3) is 0 Å². The highest BCUT2D eigenvalue weighted by molar-refractivity contribution is 8.00. The first-order valence-corrected chi connectivity index (χ1v) is 8.05. The Morgan fingerprint density at radius 2 is 2.42 bits per heavy atom. The van der Waals surface area contributed by atoms with Gasteiger partial charge < -0.3 is 4.57 Å². The molecule has 0 N–H and O–H groups in total. The Kier molecular flexibility index (Phi) is 3.72. The Morgan fingerprint density at radius 1 is 1.58 bits per heavy atom. The molecule has 0 amide bonds. The number of hydrogen-bond donors (Lipinski definition) is 0. The Balaban J connectivity index is 2.08. The monoisotopic (exact) mass is 298 g/mol. The molecule has 2 unspecified atom stereocenters. The minimum Gasteiger partial charge on any atom is -0.326 e. The van der Waals surface area contributed by atoms with E-state index in [0.717, 1.165) is 17.9 Å². The fourth-order valence-electron chi connectivity index (χ4n) is 2.62. The van der Waals surface area contributed by atoms with E-state index in [4.69, 9.17) is 11.6 Å². The summed E-state index contributed by atoms with van der Waals surface area (Å²) in [6.45, 7) is 2.76. The lowest BCUT2D eigenvalue weighted by atomic mass is 10.2. The fraction of sp³-hybridized carbons (Fsp3) is 0.500. The molecule has 1 aliphatic rings. The molecule has 1 fully saturated rings. The zero-order chi connectivity index (χ0) is 13.4. The Bertz CT molecular complexity index is 590. The van der Waals surface area contributed by atoms with Gasteiger partial charge in [0.2, 0.25) is 0 Å². The molecule has 19 heavy (non-hydrogen) atoms. The van der Waals surface area contributed by atoms with Gasteiger partial charge in [0.05, 0.1) is 10.9 Å². The molecule has 1 aromatic carbocycles. The summed E-state index contributed by atoms with van der Waals surface area (Å²) in [5.74, 6) is 1.72. The summed E-state index contributed by atoms with van der Waals surface area (Å²) in [6.07, 6.45) is 2.48. The van der Waals surface area contributed by atoms with E-state index in [1.807, 2.05) is 24.8 Å². The van der Waals surface area contributed by atoms with Crippen molar-refractivity contribution >= 4 is 34.4 Å². The third kappa shape index (κ3) is 2.48. The summed E-state index contributed by atoms with van der Waals surface area (Å²) in [7, 11) is 0. The van der Waals surface area contributed by atoms with Gasteiger partial charge in [-0.05, 0) is 37.7 Å². The zero-order valence-electron chi connectivity index (χ0n) is 10.8. The molecule has 2 heterocycles. The van der Waals surface area contributed by atoms with E-state index in [1.54, 1.807) is 6.07 Å². The third-order valence-corrected chi connectivity index (χ3v) is 5.10. The lowest BCUT2D eigenvalue weighted by Crippen LogP contribution is -2.13. The van der Waals surface area contributed by atoms with Crippen LogP contribution in [0.5, 0.6) is 0 Å². The quantitative estimate of drug-likeness (QED) is 0.783. The van der Waals surface area contributed by atoms with Crippen LogP contribution in [-0.4, -0.2) is 20.6 Å². The number of para-hydroxylation sites is 1. The van der Waals surface area contributed by atoms with Crippen molar-refractivity contribution in [2.75, 3.05) is 5.75 Å². The van der Waals surface area contributed by atoms with Crippen molar-refractivity contribution in [3.05, 3.63) is 29.8 Å². The number of aromatic nitrogens is 2. The number of hydrogen-bond acceptors (Lipinski definition) is 2. The van der Waals surface area contributed by atoms with E-state index >= 15 is 0 Å². The normalized spacial score (nSPS) is 21.1. The highest BCUT2D eigenvalue weighted by atomic mass is 35.5. The van der Waals surface area contributed by atoms with Gasteiger partial charge in [0, 0.05) is 11.8 Å². The number of halogens is 2. The number of benzene rings is 1.